The number of nitrogens with zero attached hydrogens (tertiary/aromatic N) is 3. The zero-order valence-corrected chi connectivity index (χ0v) is 20.3. The fourth-order valence-corrected chi connectivity index (χ4v) is 4.00. The van der Waals surface area contributed by atoms with Crippen LogP contribution in [0, 0.1) is 0 Å². The number of hydrogen-bond acceptors (Lipinski definition) is 10. The third-order valence-electron chi connectivity index (χ3n) is 5.63. The van der Waals surface area contributed by atoms with Gasteiger partial charge in [-0.2, -0.15) is 4.98 Å². The summed E-state index contributed by atoms with van der Waals surface area (Å²) in [6, 6.07) is 5.16. The van der Waals surface area contributed by atoms with E-state index in [1.807, 2.05) is 9.80 Å². The Morgan fingerprint density at radius 3 is 2.65 bits per heavy atom. The third-order valence-corrected chi connectivity index (χ3v) is 5.63. The number of carbonyl (C=O) groups excluding carboxylic acids is 2. The molecular formula is C20H22CaN7O6+. The van der Waals surface area contributed by atoms with Crippen LogP contribution >= 0.6 is 0 Å². The maximum absolute atomic E-state index is 12.4. The minimum atomic E-state index is -1.55. The predicted octanol–water partition coefficient (Wildman–Crippen LogP) is -2.24. The van der Waals surface area contributed by atoms with Gasteiger partial charge in [0.2, 0.25) is 5.95 Å². The first-order valence-electron chi connectivity index (χ1n) is 10.2. The van der Waals surface area contributed by atoms with E-state index in [0.29, 0.717) is 31.3 Å². The van der Waals surface area contributed by atoms with Crippen LogP contribution in [-0.4, -0.2) is 103 Å². The molecule has 0 spiro atoms. The summed E-state index contributed by atoms with van der Waals surface area (Å²) in [6.45, 7) is 1.64. The molecule has 1 saturated heterocycles. The fraction of sp³-hybridized carbons (Fsp3) is 0.350. The van der Waals surface area contributed by atoms with Crippen LogP contribution < -0.4 is 36.8 Å². The van der Waals surface area contributed by atoms with Crippen molar-refractivity contribution in [2.75, 3.05) is 40.6 Å². The maximum Gasteiger partial charge on any atom is 2.00 e. The molecule has 0 bridgehead atoms. The summed E-state index contributed by atoms with van der Waals surface area (Å²) in [5.41, 5.74) is 6.76. The van der Waals surface area contributed by atoms with Crippen LogP contribution in [0.1, 0.15) is 23.2 Å². The molecule has 2 atom stereocenters. The largest absolute Gasteiger partial charge is 2.00 e. The molecule has 2 aliphatic rings. The van der Waals surface area contributed by atoms with Gasteiger partial charge in [-0.1, -0.05) is 0 Å². The number of anilines is 4. The SMILES string of the molecule is Nc1nc2c(c(=O)[nH]1)N1CN(c3ccc(C(=O)N[C@@H](CCC(=O)O)C(=O)[O-])cc3)CC1CN2.[Ca+2]. The van der Waals surface area contributed by atoms with E-state index in [1.54, 1.807) is 24.3 Å². The Hall–Kier alpha value is -3.03. The van der Waals surface area contributed by atoms with E-state index in [1.165, 1.54) is 0 Å². The van der Waals surface area contributed by atoms with Crippen molar-refractivity contribution < 1.29 is 24.6 Å². The second-order valence-electron chi connectivity index (χ2n) is 7.84. The van der Waals surface area contributed by atoms with Crippen molar-refractivity contribution in [2.45, 2.75) is 24.9 Å². The molecule has 4 rings (SSSR count). The summed E-state index contributed by atoms with van der Waals surface area (Å²) < 4.78 is 0. The molecule has 1 aromatic carbocycles. The van der Waals surface area contributed by atoms with E-state index in [4.69, 9.17) is 10.8 Å². The number of carboxylic acid groups (broad SMARTS) is 2. The van der Waals surface area contributed by atoms with Gasteiger partial charge in [-0.15, -0.1) is 0 Å². The molecule has 2 aliphatic heterocycles. The summed E-state index contributed by atoms with van der Waals surface area (Å²) in [5, 5.41) is 25.3. The Labute approximate surface area is 223 Å². The smallest absolute Gasteiger partial charge is 0.548 e. The zero-order chi connectivity index (χ0) is 23.7. The van der Waals surface area contributed by atoms with E-state index < -0.39 is 30.3 Å². The van der Waals surface area contributed by atoms with E-state index in [0.717, 1.165) is 5.69 Å². The number of nitrogens with two attached hydrogens (primary N) is 1. The monoisotopic (exact) mass is 496 g/mol. The molecule has 174 valence electrons. The summed E-state index contributed by atoms with van der Waals surface area (Å²) in [4.78, 5) is 57.3. The van der Waals surface area contributed by atoms with Crippen LogP contribution in [0.2, 0.25) is 0 Å². The number of hydrogen-bond donors (Lipinski definition) is 5. The Kier molecular flexibility index (Phi) is 7.89. The number of nitrogens with one attached hydrogen (secondary N) is 3. The molecule has 1 unspecified atom stereocenters. The second kappa shape index (κ2) is 10.5. The van der Waals surface area contributed by atoms with Crippen molar-refractivity contribution in [1.29, 1.82) is 0 Å². The van der Waals surface area contributed by atoms with Gasteiger partial charge in [0.1, 0.15) is 5.69 Å². The number of fused-ring (bicyclic) bond motifs is 3. The number of aromatic amines is 1. The molecule has 0 radical (unpaired) electrons. The van der Waals surface area contributed by atoms with Crippen molar-refractivity contribution in [1.82, 2.24) is 15.3 Å². The molecule has 1 fully saturated rings. The van der Waals surface area contributed by atoms with Gasteiger partial charge in [-0.25, -0.2) is 0 Å². The average Bonchev–Trinajstić information content (AvgIpc) is 3.20. The Morgan fingerprint density at radius 1 is 1.29 bits per heavy atom. The van der Waals surface area contributed by atoms with Crippen molar-refractivity contribution >= 4 is 78.7 Å². The number of carboxylic acids is 2. The molecule has 34 heavy (non-hydrogen) atoms. The molecule has 1 amide bonds. The van der Waals surface area contributed by atoms with Gasteiger partial charge in [0, 0.05) is 30.8 Å². The van der Waals surface area contributed by atoms with Crippen molar-refractivity contribution in [3.05, 3.63) is 40.2 Å². The average molecular weight is 497 g/mol. The first kappa shape index (κ1) is 25.6. The first-order chi connectivity index (χ1) is 15.7. The normalized spacial score (nSPS) is 17.0. The molecular weight excluding hydrogens is 474 g/mol. The Bertz CT molecular complexity index is 1160. The van der Waals surface area contributed by atoms with Gasteiger partial charge < -0.3 is 41.2 Å². The number of rotatable bonds is 7. The number of H-pyrrole nitrogens is 1. The molecule has 3 heterocycles. The minimum Gasteiger partial charge on any atom is -0.548 e. The first-order valence-corrected chi connectivity index (χ1v) is 10.2. The summed E-state index contributed by atoms with van der Waals surface area (Å²) in [7, 11) is 0. The Morgan fingerprint density at radius 2 is 2.00 bits per heavy atom. The number of aromatic nitrogens is 2. The number of nitrogen functional groups attached to an aromatic ring is 1. The van der Waals surface area contributed by atoms with Crippen molar-refractivity contribution in [3.8, 4) is 0 Å². The predicted molar refractivity (Wildman–Crippen MR) is 122 cm³/mol. The molecule has 6 N–H and O–H groups in total. The van der Waals surface area contributed by atoms with E-state index >= 15 is 0 Å². The summed E-state index contributed by atoms with van der Waals surface area (Å²) >= 11 is 0. The van der Waals surface area contributed by atoms with Gasteiger partial charge >= 0.3 is 43.7 Å². The fourth-order valence-electron chi connectivity index (χ4n) is 4.00. The van der Waals surface area contributed by atoms with E-state index in [-0.39, 0.29) is 67.3 Å². The summed E-state index contributed by atoms with van der Waals surface area (Å²) in [6.07, 6.45) is -0.685. The van der Waals surface area contributed by atoms with Gasteiger partial charge in [0.25, 0.3) is 11.5 Å². The number of aliphatic carboxylic acids is 2. The number of amides is 1. The van der Waals surface area contributed by atoms with Crippen LogP contribution in [0.4, 0.5) is 23.1 Å². The van der Waals surface area contributed by atoms with Crippen LogP contribution in [0.25, 0.3) is 0 Å². The third kappa shape index (κ3) is 5.37. The van der Waals surface area contributed by atoms with Gasteiger partial charge in [0.15, 0.2) is 5.82 Å². The molecule has 14 heteroatoms. The van der Waals surface area contributed by atoms with Crippen molar-refractivity contribution in [2.24, 2.45) is 0 Å². The van der Waals surface area contributed by atoms with Gasteiger partial charge in [-0.05, 0) is 30.7 Å². The molecule has 0 saturated carbocycles. The van der Waals surface area contributed by atoms with Crippen LogP contribution in [-0.2, 0) is 9.59 Å². The van der Waals surface area contributed by atoms with E-state index in [9.17, 15) is 24.3 Å². The second-order valence-corrected chi connectivity index (χ2v) is 7.84. The van der Waals surface area contributed by atoms with Crippen LogP contribution in [0.5, 0.6) is 0 Å². The number of carbonyl (C=O) groups is 3. The van der Waals surface area contributed by atoms with Crippen molar-refractivity contribution in [3.63, 3.8) is 0 Å². The maximum atomic E-state index is 12.4. The quantitative estimate of drug-likeness (QED) is 0.260. The standard InChI is InChI=1S/C20H23N7O6.Ca/c21-20-24-16-15(18(31)25-20)27-9-26(8-12(27)7-22-16)11-3-1-10(2-4-11)17(30)23-13(19(32)33)5-6-14(28)29;/h1-4,12-13H,5-9H2,(H,23,30)(H,28,29)(H,32,33)(H4,21,22,24,25,31);/q;+2/p-1/t12?,13-;/m0./s1. The van der Waals surface area contributed by atoms with Crippen LogP contribution in [0.15, 0.2) is 29.1 Å². The molecule has 2 aromatic rings. The molecule has 1 aromatic heterocycles. The zero-order valence-electron chi connectivity index (χ0n) is 18.1. The Balaban J connectivity index is 0.00000324. The van der Waals surface area contributed by atoms with Gasteiger partial charge in [0.05, 0.1) is 24.7 Å². The topological polar surface area (TPSA) is 197 Å². The molecule has 13 nitrogen and oxygen atoms in total. The minimum absolute atomic E-state index is 0. The van der Waals surface area contributed by atoms with E-state index in [2.05, 4.69) is 20.6 Å². The van der Waals surface area contributed by atoms with Gasteiger partial charge in [-0.3, -0.25) is 19.4 Å². The molecule has 0 aliphatic carbocycles. The van der Waals surface area contributed by atoms with Crippen LogP contribution in [0.3, 0.4) is 0 Å². The summed E-state index contributed by atoms with van der Waals surface area (Å²) in [5.74, 6) is -2.88. The number of benzene rings is 1.